The van der Waals surface area contributed by atoms with Crippen molar-refractivity contribution in [3.05, 3.63) is 23.9 Å². The van der Waals surface area contributed by atoms with Crippen LogP contribution in [0.3, 0.4) is 0 Å². The van der Waals surface area contributed by atoms with Gasteiger partial charge in [-0.1, -0.05) is 6.07 Å². The molecule has 1 heterocycles. The minimum atomic E-state index is -0.428. The lowest BCUT2D eigenvalue weighted by atomic mass is 10.2. The van der Waals surface area contributed by atoms with E-state index in [4.69, 9.17) is 0 Å². The standard InChI is InChI=1S/C11H16N2O/c1-8(14)9-3-6-11(12-7-9)13(2)10-4-5-10/h3,6-8,10,14H,4-5H2,1-2H3. The second kappa shape index (κ2) is 3.58. The van der Waals surface area contributed by atoms with Crippen molar-refractivity contribution in [2.45, 2.75) is 31.9 Å². The summed E-state index contributed by atoms with van der Waals surface area (Å²) in [4.78, 5) is 6.53. The van der Waals surface area contributed by atoms with E-state index in [9.17, 15) is 5.11 Å². The molecule has 1 aliphatic carbocycles. The number of anilines is 1. The maximum Gasteiger partial charge on any atom is 0.128 e. The molecular weight excluding hydrogens is 176 g/mol. The number of aliphatic hydroxyl groups excluding tert-OH is 1. The van der Waals surface area contributed by atoms with E-state index in [1.54, 1.807) is 13.1 Å². The van der Waals surface area contributed by atoms with Gasteiger partial charge in [0.2, 0.25) is 0 Å². The average Bonchev–Trinajstić information content (AvgIpc) is 3.00. The Hall–Kier alpha value is -1.09. The number of pyridine rings is 1. The van der Waals surface area contributed by atoms with Crippen LogP contribution in [0.2, 0.25) is 0 Å². The van der Waals surface area contributed by atoms with Gasteiger partial charge in [0, 0.05) is 19.3 Å². The second-order valence-corrected chi connectivity index (χ2v) is 3.97. The maximum atomic E-state index is 9.32. The normalized spacial score (nSPS) is 17.9. The van der Waals surface area contributed by atoms with Crippen LogP contribution >= 0.6 is 0 Å². The van der Waals surface area contributed by atoms with Crippen molar-refractivity contribution in [1.82, 2.24) is 4.98 Å². The third-order valence-electron chi connectivity index (χ3n) is 2.71. The minimum absolute atomic E-state index is 0.428. The molecule has 0 bridgehead atoms. The Balaban J connectivity index is 2.12. The molecule has 0 aromatic carbocycles. The first-order chi connectivity index (χ1) is 6.68. The van der Waals surface area contributed by atoms with Crippen LogP contribution in [-0.4, -0.2) is 23.2 Å². The summed E-state index contributed by atoms with van der Waals surface area (Å²) < 4.78 is 0. The molecule has 2 rings (SSSR count). The topological polar surface area (TPSA) is 36.4 Å². The van der Waals surface area contributed by atoms with Gasteiger partial charge in [-0.2, -0.15) is 0 Å². The molecule has 0 spiro atoms. The Kier molecular flexibility index (Phi) is 2.42. The van der Waals surface area contributed by atoms with Gasteiger partial charge in [0.05, 0.1) is 6.10 Å². The summed E-state index contributed by atoms with van der Waals surface area (Å²) in [5, 5.41) is 9.32. The van der Waals surface area contributed by atoms with Crippen LogP contribution in [0.25, 0.3) is 0 Å². The molecule has 1 saturated carbocycles. The molecule has 1 aliphatic rings. The van der Waals surface area contributed by atoms with E-state index < -0.39 is 6.10 Å². The van der Waals surface area contributed by atoms with Gasteiger partial charge >= 0.3 is 0 Å². The van der Waals surface area contributed by atoms with Gasteiger partial charge in [0.15, 0.2) is 0 Å². The summed E-state index contributed by atoms with van der Waals surface area (Å²) in [6.45, 7) is 1.75. The first-order valence-corrected chi connectivity index (χ1v) is 5.05. The fraction of sp³-hybridized carbons (Fsp3) is 0.545. The predicted molar refractivity (Wildman–Crippen MR) is 56.3 cm³/mol. The quantitative estimate of drug-likeness (QED) is 0.792. The summed E-state index contributed by atoms with van der Waals surface area (Å²) in [6.07, 6.45) is 3.87. The summed E-state index contributed by atoms with van der Waals surface area (Å²) in [7, 11) is 2.07. The first kappa shape index (κ1) is 9.46. The van der Waals surface area contributed by atoms with Gasteiger partial charge in [-0.25, -0.2) is 4.98 Å². The van der Waals surface area contributed by atoms with Crippen LogP contribution in [0.15, 0.2) is 18.3 Å². The summed E-state index contributed by atoms with van der Waals surface area (Å²) in [5.74, 6) is 0.997. The van der Waals surface area contributed by atoms with Gasteiger partial charge in [-0.15, -0.1) is 0 Å². The molecule has 76 valence electrons. The monoisotopic (exact) mass is 192 g/mol. The zero-order valence-electron chi connectivity index (χ0n) is 8.64. The molecule has 1 unspecified atom stereocenters. The van der Waals surface area contributed by atoms with Gasteiger partial charge in [-0.05, 0) is 31.4 Å². The van der Waals surface area contributed by atoms with Crippen molar-refractivity contribution in [2.24, 2.45) is 0 Å². The van der Waals surface area contributed by atoms with Crippen molar-refractivity contribution < 1.29 is 5.11 Å². The van der Waals surface area contributed by atoms with Crippen molar-refractivity contribution >= 4 is 5.82 Å². The van der Waals surface area contributed by atoms with Crippen LogP contribution < -0.4 is 4.90 Å². The number of aliphatic hydroxyl groups is 1. The summed E-state index contributed by atoms with van der Waals surface area (Å²) in [5.41, 5.74) is 0.873. The summed E-state index contributed by atoms with van der Waals surface area (Å²) >= 11 is 0. The highest BCUT2D eigenvalue weighted by atomic mass is 16.3. The minimum Gasteiger partial charge on any atom is -0.389 e. The van der Waals surface area contributed by atoms with Gasteiger partial charge < -0.3 is 10.0 Å². The second-order valence-electron chi connectivity index (χ2n) is 3.97. The first-order valence-electron chi connectivity index (χ1n) is 5.05. The highest BCUT2D eigenvalue weighted by Gasteiger charge is 2.26. The molecule has 0 saturated heterocycles. The Bertz CT molecular complexity index is 304. The molecule has 1 N–H and O–H groups in total. The van der Waals surface area contributed by atoms with E-state index in [0.29, 0.717) is 6.04 Å². The molecule has 1 aromatic heterocycles. The van der Waals surface area contributed by atoms with Gasteiger partial charge in [-0.3, -0.25) is 0 Å². The average molecular weight is 192 g/mol. The zero-order valence-corrected chi connectivity index (χ0v) is 8.64. The fourth-order valence-corrected chi connectivity index (χ4v) is 1.50. The van der Waals surface area contributed by atoms with E-state index in [-0.39, 0.29) is 0 Å². The Morgan fingerprint density at radius 3 is 2.64 bits per heavy atom. The predicted octanol–water partition coefficient (Wildman–Crippen LogP) is 1.73. The van der Waals surface area contributed by atoms with Crippen LogP contribution in [0.1, 0.15) is 31.4 Å². The number of hydrogen-bond donors (Lipinski definition) is 1. The lowest BCUT2D eigenvalue weighted by Gasteiger charge is -2.17. The van der Waals surface area contributed by atoms with E-state index >= 15 is 0 Å². The van der Waals surface area contributed by atoms with Gasteiger partial charge in [0.25, 0.3) is 0 Å². The van der Waals surface area contributed by atoms with E-state index in [2.05, 4.69) is 16.9 Å². The molecule has 0 amide bonds. The smallest absolute Gasteiger partial charge is 0.128 e. The largest absolute Gasteiger partial charge is 0.389 e. The van der Waals surface area contributed by atoms with E-state index in [1.807, 2.05) is 12.1 Å². The number of nitrogens with zero attached hydrogens (tertiary/aromatic N) is 2. The van der Waals surface area contributed by atoms with Crippen molar-refractivity contribution in [2.75, 3.05) is 11.9 Å². The number of rotatable bonds is 3. The molecule has 3 nitrogen and oxygen atoms in total. The molecule has 3 heteroatoms. The molecule has 1 atom stereocenters. The maximum absolute atomic E-state index is 9.32. The number of hydrogen-bond acceptors (Lipinski definition) is 3. The molecule has 0 aliphatic heterocycles. The fourth-order valence-electron chi connectivity index (χ4n) is 1.50. The van der Waals surface area contributed by atoms with Crippen LogP contribution in [0.5, 0.6) is 0 Å². The highest BCUT2D eigenvalue weighted by molar-refractivity contribution is 5.41. The van der Waals surface area contributed by atoms with E-state index in [1.165, 1.54) is 12.8 Å². The Labute approximate surface area is 84.4 Å². The van der Waals surface area contributed by atoms with E-state index in [0.717, 1.165) is 11.4 Å². The molecule has 14 heavy (non-hydrogen) atoms. The lowest BCUT2D eigenvalue weighted by Crippen LogP contribution is -2.20. The van der Waals surface area contributed by atoms with Crippen LogP contribution in [-0.2, 0) is 0 Å². The van der Waals surface area contributed by atoms with Crippen LogP contribution in [0, 0.1) is 0 Å². The lowest BCUT2D eigenvalue weighted by molar-refractivity contribution is 0.199. The molecule has 1 aromatic rings. The van der Waals surface area contributed by atoms with Crippen molar-refractivity contribution in [3.8, 4) is 0 Å². The van der Waals surface area contributed by atoms with Crippen molar-refractivity contribution in [1.29, 1.82) is 0 Å². The Morgan fingerprint density at radius 2 is 2.21 bits per heavy atom. The summed E-state index contributed by atoms with van der Waals surface area (Å²) in [6, 6.07) is 4.59. The third-order valence-corrected chi connectivity index (χ3v) is 2.71. The van der Waals surface area contributed by atoms with Crippen LogP contribution in [0.4, 0.5) is 5.82 Å². The molecule has 0 radical (unpaired) electrons. The SMILES string of the molecule is CC(O)c1ccc(N(C)C2CC2)nc1. The highest BCUT2D eigenvalue weighted by Crippen LogP contribution is 2.29. The van der Waals surface area contributed by atoms with Gasteiger partial charge in [0.1, 0.15) is 5.82 Å². The number of aromatic nitrogens is 1. The zero-order chi connectivity index (χ0) is 10.1. The molecular formula is C11H16N2O. The van der Waals surface area contributed by atoms with Crippen molar-refractivity contribution in [3.63, 3.8) is 0 Å². The third kappa shape index (κ3) is 1.87. The molecule has 1 fully saturated rings. The Morgan fingerprint density at radius 1 is 1.50 bits per heavy atom.